The summed E-state index contributed by atoms with van der Waals surface area (Å²) < 4.78 is 0. The van der Waals surface area contributed by atoms with E-state index < -0.39 is 0 Å². The Morgan fingerprint density at radius 1 is 0.800 bits per heavy atom. The molecule has 0 amide bonds. The van der Waals surface area contributed by atoms with Crippen LogP contribution in [0.5, 0.6) is 0 Å². The lowest BCUT2D eigenvalue weighted by atomic mass is 10.3. The van der Waals surface area contributed by atoms with Crippen LogP contribution in [-0.4, -0.2) is 36.1 Å². The van der Waals surface area contributed by atoms with Crippen molar-refractivity contribution in [3.05, 3.63) is 0 Å². The maximum Gasteiger partial charge on any atom is 0.0224 e. The van der Waals surface area contributed by atoms with E-state index in [9.17, 15) is 0 Å². The van der Waals surface area contributed by atoms with E-state index in [-0.39, 0.29) is 0 Å². The van der Waals surface area contributed by atoms with E-state index in [1.165, 1.54) is 23.0 Å². The summed E-state index contributed by atoms with van der Waals surface area (Å²) in [6.45, 7) is 11.2. The number of rotatable bonds is 10. The van der Waals surface area contributed by atoms with E-state index in [1.807, 2.05) is 23.5 Å². The van der Waals surface area contributed by atoms with E-state index >= 15 is 0 Å². The van der Waals surface area contributed by atoms with Crippen LogP contribution in [-0.2, 0) is 0 Å². The van der Waals surface area contributed by atoms with Crippen LogP contribution in [0.25, 0.3) is 0 Å². The van der Waals surface area contributed by atoms with Gasteiger partial charge in [-0.3, -0.25) is 0 Å². The zero-order valence-electron chi connectivity index (χ0n) is 10.7. The molecular weight excluding hydrogens is 222 g/mol. The molecule has 1 radical (unpaired) electrons. The summed E-state index contributed by atoms with van der Waals surface area (Å²) in [5, 5.41) is 4.52. The summed E-state index contributed by atoms with van der Waals surface area (Å²) in [7, 11) is 0. The van der Waals surface area contributed by atoms with Gasteiger partial charge in [0, 0.05) is 24.6 Å². The van der Waals surface area contributed by atoms with Crippen LogP contribution in [0.3, 0.4) is 0 Å². The van der Waals surface area contributed by atoms with E-state index in [0.29, 0.717) is 0 Å². The molecule has 0 fully saturated rings. The zero-order chi connectivity index (χ0) is 11.5. The standard InChI is InChI=1S/C12H26NS2/c1-11(2)9-14-7-5-13-6-8-15-10-12(3)4/h11-12H,5-10H2,1-4H3. The smallest absolute Gasteiger partial charge is 0.0224 e. The summed E-state index contributed by atoms with van der Waals surface area (Å²) >= 11 is 4.06. The first-order valence-electron chi connectivity index (χ1n) is 5.91. The highest BCUT2D eigenvalue weighted by Gasteiger charge is 1.96. The SMILES string of the molecule is CC(C)CSCC[N]CCSCC(C)C. The van der Waals surface area contributed by atoms with E-state index in [1.54, 1.807) is 0 Å². The van der Waals surface area contributed by atoms with Crippen LogP contribution >= 0.6 is 23.5 Å². The first-order chi connectivity index (χ1) is 7.13. The van der Waals surface area contributed by atoms with Gasteiger partial charge in [-0.15, -0.1) is 0 Å². The second-order valence-electron chi connectivity index (χ2n) is 4.61. The number of hydrogen-bond donors (Lipinski definition) is 0. The maximum atomic E-state index is 4.52. The van der Waals surface area contributed by atoms with Gasteiger partial charge in [0.2, 0.25) is 0 Å². The Balaban J connectivity index is 2.93. The fourth-order valence-electron chi connectivity index (χ4n) is 1.01. The van der Waals surface area contributed by atoms with Gasteiger partial charge in [-0.2, -0.15) is 23.5 Å². The van der Waals surface area contributed by atoms with E-state index in [0.717, 1.165) is 24.9 Å². The van der Waals surface area contributed by atoms with Gasteiger partial charge in [0.05, 0.1) is 0 Å². The molecule has 0 bridgehead atoms. The van der Waals surface area contributed by atoms with Crippen LogP contribution in [0.1, 0.15) is 27.7 Å². The third-order valence-electron chi connectivity index (χ3n) is 1.69. The van der Waals surface area contributed by atoms with Gasteiger partial charge in [-0.1, -0.05) is 27.7 Å². The molecule has 0 atom stereocenters. The Hall–Kier alpha value is 0.660. The predicted molar refractivity (Wildman–Crippen MR) is 76.2 cm³/mol. The molecule has 0 rings (SSSR count). The highest BCUT2D eigenvalue weighted by molar-refractivity contribution is 7.99. The summed E-state index contributed by atoms with van der Waals surface area (Å²) in [6.07, 6.45) is 0. The van der Waals surface area contributed by atoms with Gasteiger partial charge in [0.15, 0.2) is 0 Å². The van der Waals surface area contributed by atoms with Crippen molar-refractivity contribution in [3.8, 4) is 0 Å². The van der Waals surface area contributed by atoms with Crippen molar-refractivity contribution in [1.29, 1.82) is 0 Å². The van der Waals surface area contributed by atoms with Crippen LogP contribution in [0.15, 0.2) is 0 Å². The maximum absolute atomic E-state index is 4.52. The first kappa shape index (κ1) is 15.7. The molecule has 3 heteroatoms. The number of nitrogens with zero attached hydrogens (tertiary/aromatic N) is 1. The Bertz CT molecular complexity index is 113. The predicted octanol–water partition coefficient (Wildman–Crippen LogP) is 3.37. The molecule has 0 N–H and O–H groups in total. The quantitative estimate of drug-likeness (QED) is 0.550. The Morgan fingerprint density at radius 2 is 1.20 bits per heavy atom. The minimum atomic E-state index is 0.816. The molecule has 0 aliphatic carbocycles. The summed E-state index contributed by atoms with van der Waals surface area (Å²) in [5.41, 5.74) is 0. The molecule has 1 nitrogen and oxygen atoms in total. The van der Waals surface area contributed by atoms with Gasteiger partial charge in [0.1, 0.15) is 0 Å². The van der Waals surface area contributed by atoms with Crippen molar-refractivity contribution in [2.45, 2.75) is 27.7 Å². The molecular formula is C12H26NS2. The lowest BCUT2D eigenvalue weighted by Gasteiger charge is -2.06. The zero-order valence-corrected chi connectivity index (χ0v) is 12.3. The fourth-order valence-corrected chi connectivity index (χ4v) is 2.80. The Kier molecular flexibility index (Phi) is 11.6. The largest absolute Gasteiger partial charge is 0.240 e. The van der Waals surface area contributed by atoms with Crippen molar-refractivity contribution >= 4 is 23.5 Å². The average molecular weight is 248 g/mol. The molecule has 0 unspecified atom stereocenters. The Morgan fingerprint density at radius 3 is 1.53 bits per heavy atom. The van der Waals surface area contributed by atoms with Gasteiger partial charge in [-0.05, 0) is 23.3 Å². The summed E-state index contributed by atoms with van der Waals surface area (Å²) in [6, 6.07) is 0. The molecule has 0 aliphatic heterocycles. The van der Waals surface area contributed by atoms with Gasteiger partial charge >= 0.3 is 0 Å². The number of hydrogen-bond acceptors (Lipinski definition) is 2. The van der Waals surface area contributed by atoms with Gasteiger partial charge in [-0.25, -0.2) is 5.32 Å². The molecule has 15 heavy (non-hydrogen) atoms. The van der Waals surface area contributed by atoms with Crippen molar-refractivity contribution in [1.82, 2.24) is 5.32 Å². The van der Waals surface area contributed by atoms with Crippen molar-refractivity contribution < 1.29 is 0 Å². The monoisotopic (exact) mass is 248 g/mol. The normalized spacial score (nSPS) is 11.6. The molecule has 91 valence electrons. The minimum Gasteiger partial charge on any atom is -0.240 e. The second kappa shape index (κ2) is 11.2. The van der Waals surface area contributed by atoms with Crippen LogP contribution in [0.4, 0.5) is 0 Å². The Labute approximate surface area is 105 Å². The summed E-state index contributed by atoms with van der Waals surface area (Å²) in [4.78, 5) is 0. The molecule has 0 spiro atoms. The van der Waals surface area contributed by atoms with Crippen LogP contribution in [0.2, 0.25) is 0 Å². The molecule has 0 aromatic carbocycles. The topological polar surface area (TPSA) is 14.1 Å². The van der Waals surface area contributed by atoms with Crippen LogP contribution < -0.4 is 5.32 Å². The average Bonchev–Trinajstić information content (AvgIpc) is 2.14. The lowest BCUT2D eigenvalue weighted by Crippen LogP contribution is -2.13. The second-order valence-corrected chi connectivity index (χ2v) is 6.91. The fraction of sp³-hybridized carbons (Fsp3) is 1.00. The van der Waals surface area contributed by atoms with Crippen LogP contribution in [0, 0.1) is 11.8 Å². The summed E-state index contributed by atoms with van der Waals surface area (Å²) in [5.74, 6) is 6.59. The first-order valence-corrected chi connectivity index (χ1v) is 8.22. The van der Waals surface area contributed by atoms with E-state index in [4.69, 9.17) is 0 Å². The van der Waals surface area contributed by atoms with Gasteiger partial charge < -0.3 is 0 Å². The third-order valence-corrected chi connectivity index (χ3v) is 4.44. The van der Waals surface area contributed by atoms with Gasteiger partial charge in [0.25, 0.3) is 0 Å². The minimum absolute atomic E-state index is 0.816. The molecule has 0 aromatic rings. The lowest BCUT2D eigenvalue weighted by molar-refractivity contribution is 0.735. The van der Waals surface area contributed by atoms with Crippen molar-refractivity contribution in [2.75, 3.05) is 36.1 Å². The molecule has 0 aromatic heterocycles. The third kappa shape index (κ3) is 14.7. The highest BCUT2D eigenvalue weighted by Crippen LogP contribution is 2.07. The molecule has 0 heterocycles. The number of thioether (sulfide) groups is 2. The van der Waals surface area contributed by atoms with Crippen molar-refractivity contribution in [2.24, 2.45) is 11.8 Å². The van der Waals surface area contributed by atoms with E-state index in [2.05, 4.69) is 33.0 Å². The molecule has 0 saturated carbocycles. The molecule has 0 saturated heterocycles. The van der Waals surface area contributed by atoms with Crippen molar-refractivity contribution in [3.63, 3.8) is 0 Å². The highest BCUT2D eigenvalue weighted by atomic mass is 32.2. The molecule has 0 aliphatic rings.